The molecule has 23 heavy (non-hydrogen) atoms. The van der Waals surface area contributed by atoms with Crippen molar-refractivity contribution in [3.8, 4) is 5.75 Å². The third-order valence-corrected chi connectivity index (χ3v) is 5.57. The highest BCUT2D eigenvalue weighted by molar-refractivity contribution is 6.63. The molecule has 0 spiro atoms. The van der Waals surface area contributed by atoms with Gasteiger partial charge in [0.2, 0.25) is 0 Å². The molecule has 0 aliphatic carbocycles. The van der Waals surface area contributed by atoms with Crippen molar-refractivity contribution in [1.82, 2.24) is 5.32 Å². The van der Waals surface area contributed by atoms with Crippen molar-refractivity contribution in [3.63, 3.8) is 0 Å². The standard InChI is InChI=1S/C18H28BNO3/c1-17(2)18(3,4)23-19(22-17)15-12-14(6-7-16(15)21-5)13-8-10-20-11-9-13/h6-7,12-13,20H,8-11H2,1-5H3. The van der Waals surface area contributed by atoms with Crippen LogP contribution in [-0.4, -0.2) is 38.5 Å². The van der Waals surface area contributed by atoms with Crippen LogP contribution in [0, 0.1) is 0 Å². The zero-order valence-electron chi connectivity index (χ0n) is 14.9. The number of ether oxygens (including phenoxy) is 1. The van der Waals surface area contributed by atoms with Gasteiger partial charge >= 0.3 is 7.12 Å². The van der Waals surface area contributed by atoms with Crippen molar-refractivity contribution < 1.29 is 14.0 Å². The summed E-state index contributed by atoms with van der Waals surface area (Å²) in [7, 11) is 1.32. The molecule has 2 aliphatic heterocycles. The third kappa shape index (κ3) is 3.15. The molecule has 126 valence electrons. The highest BCUT2D eigenvalue weighted by atomic mass is 16.7. The van der Waals surface area contributed by atoms with E-state index in [4.69, 9.17) is 14.0 Å². The first-order chi connectivity index (χ1) is 10.8. The Hall–Kier alpha value is -1.04. The summed E-state index contributed by atoms with van der Waals surface area (Å²) in [5.74, 6) is 1.43. The number of hydrogen-bond donors (Lipinski definition) is 1. The molecule has 3 rings (SSSR count). The molecule has 2 aliphatic rings. The third-order valence-electron chi connectivity index (χ3n) is 5.57. The SMILES string of the molecule is COc1ccc(C2CCNCC2)cc1B1OC(C)(C)C(C)(C)O1. The average molecular weight is 317 g/mol. The van der Waals surface area contributed by atoms with Gasteiger partial charge in [0, 0.05) is 5.46 Å². The first-order valence-electron chi connectivity index (χ1n) is 8.58. The molecule has 1 N–H and O–H groups in total. The van der Waals surface area contributed by atoms with Crippen LogP contribution in [-0.2, 0) is 9.31 Å². The van der Waals surface area contributed by atoms with Crippen molar-refractivity contribution in [2.24, 2.45) is 0 Å². The molecule has 0 saturated carbocycles. The van der Waals surface area contributed by atoms with E-state index >= 15 is 0 Å². The van der Waals surface area contributed by atoms with Crippen molar-refractivity contribution >= 4 is 12.6 Å². The minimum Gasteiger partial charge on any atom is -0.497 e. The number of benzene rings is 1. The number of piperidine rings is 1. The molecule has 0 aromatic heterocycles. The number of nitrogens with one attached hydrogen (secondary N) is 1. The summed E-state index contributed by atoms with van der Waals surface area (Å²) < 4.78 is 18.0. The molecule has 0 bridgehead atoms. The van der Waals surface area contributed by atoms with Crippen molar-refractivity contribution in [1.29, 1.82) is 0 Å². The van der Waals surface area contributed by atoms with E-state index in [1.807, 2.05) is 0 Å². The summed E-state index contributed by atoms with van der Waals surface area (Å²) in [4.78, 5) is 0. The quantitative estimate of drug-likeness (QED) is 0.870. The lowest BCUT2D eigenvalue weighted by atomic mass is 9.75. The lowest BCUT2D eigenvalue weighted by Gasteiger charge is -2.32. The Morgan fingerprint density at radius 3 is 2.26 bits per heavy atom. The van der Waals surface area contributed by atoms with Gasteiger partial charge in [-0.25, -0.2) is 0 Å². The normalized spacial score (nSPS) is 24.0. The summed E-state index contributed by atoms with van der Waals surface area (Å²) in [5.41, 5.74) is 1.68. The smallest absolute Gasteiger partial charge is 0.497 e. The van der Waals surface area contributed by atoms with Crippen molar-refractivity contribution in [2.45, 2.75) is 57.7 Å². The predicted octanol–water partition coefficient (Wildman–Crippen LogP) is 2.46. The number of hydrogen-bond acceptors (Lipinski definition) is 4. The van der Waals surface area contributed by atoms with Crippen LogP contribution in [0.15, 0.2) is 18.2 Å². The van der Waals surface area contributed by atoms with E-state index in [9.17, 15) is 0 Å². The summed E-state index contributed by atoms with van der Waals surface area (Å²) in [5, 5.41) is 3.42. The fraction of sp³-hybridized carbons (Fsp3) is 0.667. The molecular formula is C18H28BNO3. The zero-order valence-corrected chi connectivity index (χ0v) is 14.9. The molecular weight excluding hydrogens is 289 g/mol. The van der Waals surface area contributed by atoms with E-state index in [0.29, 0.717) is 5.92 Å². The predicted molar refractivity (Wildman–Crippen MR) is 93.6 cm³/mol. The molecule has 0 unspecified atom stereocenters. The Morgan fingerprint density at radius 2 is 1.70 bits per heavy atom. The van der Waals surface area contributed by atoms with Crippen LogP contribution in [0.1, 0.15) is 52.0 Å². The topological polar surface area (TPSA) is 39.7 Å². The molecule has 4 nitrogen and oxygen atoms in total. The maximum absolute atomic E-state index is 6.22. The molecule has 1 aromatic rings. The van der Waals surface area contributed by atoms with Gasteiger partial charge in [-0.3, -0.25) is 0 Å². The maximum atomic E-state index is 6.22. The van der Waals surface area contributed by atoms with Gasteiger partial charge in [-0.2, -0.15) is 0 Å². The summed E-state index contributed by atoms with van der Waals surface area (Å²) in [6, 6.07) is 6.46. The van der Waals surface area contributed by atoms with Crippen LogP contribution in [0.3, 0.4) is 0 Å². The minimum atomic E-state index is -0.378. The summed E-state index contributed by atoms with van der Waals surface area (Å²) in [6.45, 7) is 10.5. The Bertz CT molecular complexity index is 551. The van der Waals surface area contributed by atoms with Gasteiger partial charge in [0.1, 0.15) is 5.75 Å². The molecule has 2 fully saturated rings. The van der Waals surface area contributed by atoms with Crippen LogP contribution in [0.5, 0.6) is 5.75 Å². The fourth-order valence-corrected chi connectivity index (χ4v) is 3.32. The Balaban J connectivity index is 1.91. The van der Waals surface area contributed by atoms with Crippen LogP contribution in [0.4, 0.5) is 0 Å². The van der Waals surface area contributed by atoms with Crippen molar-refractivity contribution in [3.05, 3.63) is 23.8 Å². The fourth-order valence-electron chi connectivity index (χ4n) is 3.32. The van der Waals surface area contributed by atoms with Gasteiger partial charge in [0.05, 0.1) is 18.3 Å². The van der Waals surface area contributed by atoms with E-state index in [1.54, 1.807) is 7.11 Å². The first kappa shape index (κ1) is 16.8. The molecule has 2 saturated heterocycles. The summed E-state index contributed by atoms with van der Waals surface area (Å²) in [6.07, 6.45) is 2.35. The average Bonchev–Trinajstić information content (AvgIpc) is 2.75. The van der Waals surface area contributed by atoms with Crippen molar-refractivity contribution in [2.75, 3.05) is 20.2 Å². The van der Waals surface area contributed by atoms with Gasteiger partial charge in [-0.1, -0.05) is 12.1 Å². The Labute approximate surface area is 140 Å². The van der Waals surface area contributed by atoms with E-state index in [-0.39, 0.29) is 18.3 Å². The maximum Gasteiger partial charge on any atom is 0.498 e. The molecule has 0 atom stereocenters. The highest BCUT2D eigenvalue weighted by Crippen LogP contribution is 2.37. The van der Waals surface area contributed by atoms with Gasteiger partial charge in [-0.05, 0) is 71.2 Å². The second kappa shape index (κ2) is 6.12. The number of rotatable bonds is 3. The molecule has 0 radical (unpaired) electrons. The lowest BCUT2D eigenvalue weighted by Crippen LogP contribution is -2.41. The molecule has 5 heteroatoms. The second-order valence-electron chi connectivity index (χ2n) is 7.61. The Morgan fingerprint density at radius 1 is 1.09 bits per heavy atom. The van der Waals surface area contributed by atoms with E-state index in [1.165, 1.54) is 18.4 Å². The van der Waals surface area contributed by atoms with Crippen LogP contribution in [0.25, 0.3) is 0 Å². The highest BCUT2D eigenvalue weighted by Gasteiger charge is 2.52. The van der Waals surface area contributed by atoms with Gasteiger partial charge in [-0.15, -0.1) is 0 Å². The molecule has 1 aromatic carbocycles. The molecule has 0 amide bonds. The second-order valence-corrected chi connectivity index (χ2v) is 7.61. The van der Waals surface area contributed by atoms with E-state index in [2.05, 4.69) is 51.2 Å². The molecule has 2 heterocycles. The van der Waals surface area contributed by atoms with E-state index < -0.39 is 0 Å². The largest absolute Gasteiger partial charge is 0.498 e. The number of methoxy groups -OCH3 is 1. The van der Waals surface area contributed by atoms with E-state index in [0.717, 1.165) is 24.3 Å². The monoisotopic (exact) mass is 317 g/mol. The zero-order chi connectivity index (χ0) is 16.7. The van der Waals surface area contributed by atoms with Crippen LogP contribution in [0.2, 0.25) is 0 Å². The first-order valence-corrected chi connectivity index (χ1v) is 8.58. The lowest BCUT2D eigenvalue weighted by molar-refractivity contribution is 0.00578. The van der Waals surface area contributed by atoms with Crippen LogP contribution < -0.4 is 15.5 Å². The van der Waals surface area contributed by atoms with Gasteiger partial charge < -0.3 is 19.4 Å². The Kier molecular flexibility index (Phi) is 4.47. The van der Waals surface area contributed by atoms with Crippen LogP contribution >= 0.6 is 0 Å². The van der Waals surface area contributed by atoms with Gasteiger partial charge in [0.15, 0.2) is 0 Å². The minimum absolute atomic E-state index is 0.340. The van der Waals surface area contributed by atoms with Gasteiger partial charge in [0.25, 0.3) is 0 Å². The summed E-state index contributed by atoms with van der Waals surface area (Å²) >= 11 is 0.